The molecule has 0 radical (unpaired) electrons. The average molecular weight is 553 g/mol. The van der Waals surface area contributed by atoms with E-state index in [1.807, 2.05) is 30.3 Å². The molecule has 0 aromatic heterocycles. The molecule has 0 aliphatic carbocycles. The molecule has 0 unspecified atom stereocenters. The molecule has 0 fully saturated rings. The molecule has 0 aliphatic heterocycles. The molecule has 2 aromatic carbocycles. The normalized spacial score (nSPS) is 10.9. The summed E-state index contributed by atoms with van der Waals surface area (Å²) >= 11 is 0. The van der Waals surface area contributed by atoms with Crippen molar-refractivity contribution < 1.29 is 9.53 Å². The molecular formula is C25H37IN4O2. The minimum atomic E-state index is 0. The van der Waals surface area contributed by atoms with E-state index in [0.29, 0.717) is 13.2 Å². The number of ether oxygens (including phenoxy) is 1. The Labute approximate surface area is 209 Å². The van der Waals surface area contributed by atoms with Gasteiger partial charge in [0.2, 0.25) is 0 Å². The number of guanidine groups is 1. The van der Waals surface area contributed by atoms with Gasteiger partial charge < -0.3 is 20.3 Å². The van der Waals surface area contributed by atoms with Gasteiger partial charge in [-0.3, -0.25) is 9.79 Å². The van der Waals surface area contributed by atoms with Crippen LogP contribution in [0, 0.1) is 0 Å². The summed E-state index contributed by atoms with van der Waals surface area (Å²) in [6, 6.07) is 18.2. The fourth-order valence-electron chi connectivity index (χ4n) is 3.08. The Balaban J connectivity index is 0.00000512. The molecule has 7 heteroatoms. The van der Waals surface area contributed by atoms with Gasteiger partial charge in [0.15, 0.2) is 5.96 Å². The summed E-state index contributed by atoms with van der Waals surface area (Å²) in [6.07, 6.45) is 2.65. The second-order valence-electron chi connectivity index (χ2n) is 7.54. The molecule has 6 nitrogen and oxygen atoms in total. The van der Waals surface area contributed by atoms with Crippen molar-refractivity contribution in [2.24, 2.45) is 4.99 Å². The number of hydrogen-bond donors (Lipinski definition) is 2. The molecular weight excluding hydrogens is 515 g/mol. The zero-order chi connectivity index (χ0) is 22.3. The first-order valence-corrected chi connectivity index (χ1v) is 11.0. The highest BCUT2D eigenvalue weighted by atomic mass is 127. The minimum absolute atomic E-state index is 0. The average Bonchev–Trinajstić information content (AvgIpc) is 2.78. The summed E-state index contributed by atoms with van der Waals surface area (Å²) < 4.78 is 5.72. The Bertz CT molecular complexity index is 813. The van der Waals surface area contributed by atoms with Crippen molar-refractivity contribution in [1.29, 1.82) is 0 Å². The van der Waals surface area contributed by atoms with E-state index in [1.165, 1.54) is 5.56 Å². The Morgan fingerprint density at radius 1 is 0.969 bits per heavy atom. The minimum Gasteiger partial charge on any atom is -0.381 e. The second kappa shape index (κ2) is 16.5. The van der Waals surface area contributed by atoms with Gasteiger partial charge in [-0.15, -0.1) is 24.0 Å². The fraction of sp³-hybridized carbons (Fsp3) is 0.440. The second-order valence-corrected chi connectivity index (χ2v) is 7.54. The van der Waals surface area contributed by atoms with E-state index in [1.54, 1.807) is 19.0 Å². The van der Waals surface area contributed by atoms with Crippen LogP contribution >= 0.6 is 24.0 Å². The van der Waals surface area contributed by atoms with E-state index in [-0.39, 0.29) is 29.9 Å². The van der Waals surface area contributed by atoms with Gasteiger partial charge in [-0.05, 0) is 49.4 Å². The number of aliphatic imine (C=N–C) groups is 1. The van der Waals surface area contributed by atoms with Gasteiger partial charge in [0, 0.05) is 45.9 Å². The number of carbonyl (C=O) groups excluding carboxylic acids is 1. The maximum atomic E-state index is 12.1. The summed E-state index contributed by atoms with van der Waals surface area (Å²) in [5.74, 6) is 0.836. The highest BCUT2D eigenvalue weighted by Crippen LogP contribution is 2.07. The maximum absolute atomic E-state index is 12.1. The quantitative estimate of drug-likeness (QED) is 0.182. The van der Waals surface area contributed by atoms with Crippen LogP contribution in [0.15, 0.2) is 59.6 Å². The molecule has 32 heavy (non-hydrogen) atoms. The zero-order valence-electron chi connectivity index (χ0n) is 19.5. The molecule has 1 amide bonds. The molecule has 0 aliphatic rings. The summed E-state index contributed by atoms with van der Waals surface area (Å²) in [5, 5.41) is 6.64. The van der Waals surface area contributed by atoms with Crippen LogP contribution in [0.5, 0.6) is 0 Å². The number of nitrogens with one attached hydrogen (secondary N) is 2. The van der Waals surface area contributed by atoms with E-state index in [9.17, 15) is 4.79 Å². The predicted molar refractivity (Wildman–Crippen MR) is 143 cm³/mol. The van der Waals surface area contributed by atoms with E-state index < -0.39 is 0 Å². The Hall–Kier alpha value is -2.13. The zero-order valence-corrected chi connectivity index (χ0v) is 21.8. The van der Waals surface area contributed by atoms with Crippen LogP contribution in [0.4, 0.5) is 0 Å². The van der Waals surface area contributed by atoms with Crippen molar-refractivity contribution in [2.75, 3.05) is 46.9 Å². The van der Waals surface area contributed by atoms with E-state index in [2.05, 4.69) is 46.8 Å². The first-order valence-electron chi connectivity index (χ1n) is 11.0. The Morgan fingerprint density at radius 3 is 2.44 bits per heavy atom. The summed E-state index contributed by atoms with van der Waals surface area (Å²) in [4.78, 5) is 18.3. The van der Waals surface area contributed by atoms with Gasteiger partial charge in [0.25, 0.3) is 5.91 Å². The van der Waals surface area contributed by atoms with Crippen molar-refractivity contribution in [3.05, 3.63) is 71.3 Å². The van der Waals surface area contributed by atoms with E-state index in [0.717, 1.165) is 56.0 Å². The van der Waals surface area contributed by atoms with E-state index >= 15 is 0 Å². The number of nitrogens with zero attached hydrogens (tertiary/aromatic N) is 2. The first kappa shape index (κ1) is 27.9. The lowest BCUT2D eigenvalue weighted by Crippen LogP contribution is -2.38. The monoisotopic (exact) mass is 552 g/mol. The fourth-order valence-corrected chi connectivity index (χ4v) is 3.08. The third-order valence-electron chi connectivity index (χ3n) is 4.73. The summed E-state index contributed by atoms with van der Waals surface area (Å²) in [7, 11) is 3.54. The molecule has 0 spiro atoms. The van der Waals surface area contributed by atoms with Crippen molar-refractivity contribution in [3.8, 4) is 0 Å². The molecule has 0 bridgehead atoms. The number of rotatable bonds is 12. The molecule has 0 atom stereocenters. The standard InChI is InChI=1S/C25H36N4O2.HI/c1-4-26-25(27-16-9-18-31-19-15-21-10-6-5-7-11-21)28-17-14-22-12-8-13-23(20-22)24(30)29(2)3;/h5-8,10-13,20H,4,9,14-19H2,1-3H3,(H2,26,27,28);1H. The number of hydrogen-bond acceptors (Lipinski definition) is 3. The van der Waals surface area contributed by atoms with Crippen LogP contribution in [0.1, 0.15) is 34.8 Å². The third-order valence-corrected chi connectivity index (χ3v) is 4.73. The molecule has 0 saturated carbocycles. The topological polar surface area (TPSA) is 66.0 Å². The molecule has 176 valence electrons. The number of benzene rings is 2. The van der Waals surface area contributed by atoms with Gasteiger partial charge in [-0.25, -0.2) is 0 Å². The van der Waals surface area contributed by atoms with Crippen LogP contribution in [-0.4, -0.2) is 63.7 Å². The Morgan fingerprint density at radius 2 is 1.72 bits per heavy atom. The van der Waals surface area contributed by atoms with Crippen LogP contribution in [-0.2, 0) is 17.6 Å². The van der Waals surface area contributed by atoms with Crippen LogP contribution < -0.4 is 10.6 Å². The Kier molecular flexibility index (Phi) is 14.4. The molecule has 0 saturated heterocycles. The SMILES string of the molecule is CCNC(=NCCCOCCc1ccccc1)NCCc1cccc(C(=O)N(C)C)c1.I. The van der Waals surface area contributed by atoms with Crippen molar-refractivity contribution in [3.63, 3.8) is 0 Å². The van der Waals surface area contributed by atoms with Gasteiger partial charge in [0.1, 0.15) is 0 Å². The van der Waals surface area contributed by atoms with Gasteiger partial charge in [-0.1, -0.05) is 42.5 Å². The van der Waals surface area contributed by atoms with Gasteiger partial charge >= 0.3 is 0 Å². The van der Waals surface area contributed by atoms with E-state index in [4.69, 9.17) is 4.74 Å². The van der Waals surface area contributed by atoms with Crippen molar-refractivity contribution >= 4 is 35.8 Å². The lowest BCUT2D eigenvalue weighted by Gasteiger charge is -2.13. The van der Waals surface area contributed by atoms with Gasteiger partial charge in [0.05, 0.1) is 6.61 Å². The summed E-state index contributed by atoms with van der Waals surface area (Å²) in [5.41, 5.74) is 3.15. The molecule has 2 rings (SSSR count). The lowest BCUT2D eigenvalue weighted by molar-refractivity contribution is 0.0827. The third kappa shape index (κ3) is 10.9. The molecule has 0 heterocycles. The molecule has 2 N–H and O–H groups in total. The lowest BCUT2D eigenvalue weighted by atomic mass is 10.1. The van der Waals surface area contributed by atoms with Crippen molar-refractivity contribution in [2.45, 2.75) is 26.2 Å². The van der Waals surface area contributed by atoms with Crippen molar-refractivity contribution in [1.82, 2.24) is 15.5 Å². The highest BCUT2D eigenvalue weighted by molar-refractivity contribution is 14.0. The van der Waals surface area contributed by atoms with Crippen LogP contribution in [0.25, 0.3) is 0 Å². The van der Waals surface area contributed by atoms with Crippen LogP contribution in [0.3, 0.4) is 0 Å². The summed E-state index contributed by atoms with van der Waals surface area (Å²) in [6.45, 7) is 5.78. The van der Waals surface area contributed by atoms with Crippen LogP contribution in [0.2, 0.25) is 0 Å². The number of halogens is 1. The first-order chi connectivity index (χ1) is 15.1. The predicted octanol–water partition coefficient (Wildman–Crippen LogP) is 3.75. The number of carbonyl (C=O) groups is 1. The highest BCUT2D eigenvalue weighted by Gasteiger charge is 2.08. The smallest absolute Gasteiger partial charge is 0.253 e. The number of amides is 1. The molecule has 2 aromatic rings. The van der Waals surface area contributed by atoms with Gasteiger partial charge in [-0.2, -0.15) is 0 Å². The largest absolute Gasteiger partial charge is 0.381 e. The maximum Gasteiger partial charge on any atom is 0.253 e.